The largest absolute Gasteiger partial charge is 0.300 e. The van der Waals surface area contributed by atoms with E-state index in [4.69, 9.17) is 9.97 Å². The normalized spacial score (nSPS) is 14.5. The van der Waals surface area contributed by atoms with E-state index in [1.54, 1.807) is 23.5 Å². The molecule has 0 N–H and O–H groups in total. The molecule has 4 aromatic rings. The molecule has 0 saturated heterocycles. The third kappa shape index (κ3) is 3.64. The molecule has 0 fully saturated rings. The van der Waals surface area contributed by atoms with Crippen LogP contribution in [0.15, 0.2) is 34.4 Å². The van der Waals surface area contributed by atoms with Gasteiger partial charge in [-0.15, -0.1) is 21.5 Å². The highest BCUT2D eigenvalue weighted by molar-refractivity contribution is 7.99. The molecule has 9 heteroatoms. The summed E-state index contributed by atoms with van der Waals surface area (Å²) in [6.45, 7) is 4.01. The standard InChI is InChI=1S/C22H23FN6S2/c1-12(28(3)4)19-26-27-22(29(19)15-10-8-14(23)9-11-15)31-21-18-16-6-5-7-17(16)30-20(18)24-13(2)25-21/h8-12H,5-7H2,1-4H3/t12-/m0/s1. The molecular weight excluding hydrogens is 431 g/mol. The van der Waals surface area contributed by atoms with Crippen molar-refractivity contribution in [3.05, 3.63) is 52.2 Å². The molecule has 0 radical (unpaired) electrons. The van der Waals surface area contributed by atoms with Gasteiger partial charge in [-0.1, -0.05) is 0 Å². The number of benzene rings is 1. The van der Waals surface area contributed by atoms with Crippen LogP contribution < -0.4 is 0 Å². The van der Waals surface area contributed by atoms with Gasteiger partial charge in [0.1, 0.15) is 21.5 Å². The Balaban J connectivity index is 1.66. The first-order valence-corrected chi connectivity index (χ1v) is 11.9. The van der Waals surface area contributed by atoms with E-state index in [1.165, 1.54) is 40.8 Å². The second-order valence-corrected chi connectivity index (χ2v) is 10.0. The number of hydrogen-bond donors (Lipinski definition) is 0. The zero-order valence-electron chi connectivity index (χ0n) is 17.9. The summed E-state index contributed by atoms with van der Waals surface area (Å²) in [5.74, 6) is 1.29. The molecule has 160 valence electrons. The number of halogens is 1. The molecule has 0 bridgehead atoms. The van der Waals surface area contributed by atoms with Gasteiger partial charge in [0, 0.05) is 16.0 Å². The second kappa shape index (κ2) is 7.96. The number of nitrogens with zero attached hydrogens (tertiary/aromatic N) is 6. The maximum Gasteiger partial charge on any atom is 0.202 e. The predicted octanol–water partition coefficient (Wildman–Crippen LogP) is 4.98. The summed E-state index contributed by atoms with van der Waals surface area (Å²) in [5.41, 5.74) is 2.22. The molecule has 0 saturated carbocycles. The molecule has 1 aliphatic rings. The van der Waals surface area contributed by atoms with Crippen LogP contribution in [0.4, 0.5) is 4.39 Å². The van der Waals surface area contributed by atoms with E-state index in [2.05, 4.69) is 22.0 Å². The summed E-state index contributed by atoms with van der Waals surface area (Å²) < 4.78 is 15.6. The summed E-state index contributed by atoms with van der Waals surface area (Å²) in [4.78, 5) is 14.0. The van der Waals surface area contributed by atoms with Gasteiger partial charge in [-0.05, 0) is 88.8 Å². The molecule has 1 aromatic carbocycles. The maximum atomic E-state index is 13.6. The zero-order valence-corrected chi connectivity index (χ0v) is 19.5. The van der Waals surface area contributed by atoms with Crippen molar-refractivity contribution in [1.29, 1.82) is 0 Å². The average Bonchev–Trinajstić information content (AvgIpc) is 3.42. The highest BCUT2D eigenvalue weighted by atomic mass is 32.2. The van der Waals surface area contributed by atoms with Crippen molar-refractivity contribution in [2.24, 2.45) is 0 Å². The smallest absolute Gasteiger partial charge is 0.202 e. The van der Waals surface area contributed by atoms with E-state index in [1.807, 2.05) is 25.6 Å². The fourth-order valence-corrected chi connectivity index (χ4v) is 6.32. The number of rotatable bonds is 5. The van der Waals surface area contributed by atoms with E-state index in [0.717, 1.165) is 45.4 Å². The first kappa shape index (κ1) is 20.5. The molecule has 6 nitrogen and oxygen atoms in total. The van der Waals surface area contributed by atoms with Crippen LogP contribution in [-0.4, -0.2) is 43.7 Å². The van der Waals surface area contributed by atoms with Gasteiger partial charge in [0.05, 0.1) is 6.04 Å². The van der Waals surface area contributed by atoms with Crippen molar-refractivity contribution >= 4 is 33.3 Å². The van der Waals surface area contributed by atoms with E-state index in [9.17, 15) is 4.39 Å². The second-order valence-electron chi connectivity index (χ2n) is 8.01. The van der Waals surface area contributed by atoms with Gasteiger partial charge in [-0.2, -0.15) is 0 Å². The minimum absolute atomic E-state index is 0.0319. The van der Waals surface area contributed by atoms with Gasteiger partial charge < -0.3 is 0 Å². The van der Waals surface area contributed by atoms with E-state index < -0.39 is 0 Å². The van der Waals surface area contributed by atoms with Crippen molar-refractivity contribution in [1.82, 2.24) is 29.6 Å². The quantitative estimate of drug-likeness (QED) is 0.396. The first-order valence-electron chi connectivity index (χ1n) is 10.3. The molecule has 0 unspecified atom stereocenters. The van der Waals surface area contributed by atoms with Gasteiger partial charge in [-0.3, -0.25) is 9.47 Å². The van der Waals surface area contributed by atoms with Gasteiger partial charge in [0.15, 0.2) is 5.82 Å². The Morgan fingerprint density at radius 1 is 1.13 bits per heavy atom. The number of hydrogen-bond acceptors (Lipinski definition) is 7. The van der Waals surface area contributed by atoms with Crippen LogP contribution in [0.2, 0.25) is 0 Å². The lowest BCUT2D eigenvalue weighted by Crippen LogP contribution is -2.20. The maximum absolute atomic E-state index is 13.6. The van der Waals surface area contributed by atoms with Crippen molar-refractivity contribution < 1.29 is 4.39 Å². The molecule has 0 aliphatic heterocycles. The van der Waals surface area contributed by atoms with Crippen LogP contribution >= 0.6 is 23.1 Å². The number of fused-ring (bicyclic) bond motifs is 3. The van der Waals surface area contributed by atoms with Crippen LogP contribution in [-0.2, 0) is 12.8 Å². The Morgan fingerprint density at radius 2 is 1.90 bits per heavy atom. The third-order valence-electron chi connectivity index (χ3n) is 5.72. The van der Waals surface area contributed by atoms with Crippen LogP contribution in [0.5, 0.6) is 0 Å². The van der Waals surface area contributed by atoms with Crippen molar-refractivity contribution in [3.63, 3.8) is 0 Å². The number of thiophene rings is 1. The summed E-state index contributed by atoms with van der Waals surface area (Å²) in [6.07, 6.45) is 3.38. The number of aryl methyl sites for hydroxylation is 3. The Morgan fingerprint density at radius 3 is 2.65 bits per heavy atom. The summed E-state index contributed by atoms with van der Waals surface area (Å²) in [6, 6.07) is 6.49. The van der Waals surface area contributed by atoms with E-state index in [-0.39, 0.29) is 11.9 Å². The zero-order chi connectivity index (χ0) is 21.7. The Labute approximate surface area is 188 Å². The van der Waals surface area contributed by atoms with Gasteiger partial charge >= 0.3 is 0 Å². The average molecular weight is 455 g/mol. The SMILES string of the molecule is Cc1nc(Sc2nnc([C@H](C)N(C)C)n2-c2ccc(F)cc2)c2c3c(sc2n1)CCC3. The van der Waals surface area contributed by atoms with E-state index in [0.29, 0.717) is 5.16 Å². The molecule has 3 heterocycles. The summed E-state index contributed by atoms with van der Waals surface area (Å²) >= 11 is 3.30. The highest BCUT2D eigenvalue weighted by Crippen LogP contribution is 2.42. The summed E-state index contributed by atoms with van der Waals surface area (Å²) in [5, 5.41) is 11.8. The fraction of sp³-hybridized carbons (Fsp3) is 0.364. The molecule has 1 aliphatic carbocycles. The first-order chi connectivity index (χ1) is 14.9. The highest BCUT2D eigenvalue weighted by Gasteiger charge is 2.26. The van der Waals surface area contributed by atoms with Gasteiger partial charge in [0.25, 0.3) is 0 Å². The molecule has 5 rings (SSSR count). The summed E-state index contributed by atoms with van der Waals surface area (Å²) in [7, 11) is 4.01. The third-order valence-corrected chi connectivity index (χ3v) is 7.84. The van der Waals surface area contributed by atoms with Gasteiger partial charge in [0.2, 0.25) is 5.16 Å². The van der Waals surface area contributed by atoms with Crippen molar-refractivity contribution in [3.8, 4) is 5.69 Å². The molecule has 0 spiro atoms. The van der Waals surface area contributed by atoms with Crippen LogP contribution in [0.1, 0.15) is 41.5 Å². The lowest BCUT2D eigenvalue weighted by Gasteiger charge is -2.20. The van der Waals surface area contributed by atoms with E-state index >= 15 is 0 Å². The van der Waals surface area contributed by atoms with Crippen LogP contribution in [0.25, 0.3) is 15.9 Å². The lowest BCUT2D eigenvalue weighted by molar-refractivity contribution is 0.305. The Bertz CT molecular complexity index is 1260. The number of aromatic nitrogens is 5. The Hall–Kier alpha value is -2.36. The molecular formula is C22H23FN6S2. The van der Waals surface area contributed by atoms with Crippen molar-refractivity contribution in [2.45, 2.75) is 49.3 Å². The fourth-order valence-electron chi connectivity index (χ4n) is 3.91. The Kier molecular flexibility index (Phi) is 5.27. The molecule has 3 aromatic heterocycles. The topological polar surface area (TPSA) is 59.7 Å². The van der Waals surface area contributed by atoms with Crippen molar-refractivity contribution in [2.75, 3.05) is 14.1 Å². The van der Waals surface area contributed by atoms with Crippen LogP contribution in [0.3, 0.4) is 0 Å². The predicted molar refractivity (Wildman–Crippen MR) is 122 cm³/mol. The lowest BCUT2D eigenvalue weighted by atomic mass is 10.2. The molecule has 31 heavy (non-hydrogen) atoms. The monoisotopic (exact) mass is 454 g/mol. The molecule has 1 atom stereocenters. The van der Waals surface area contributed by atoms with Gasteiger partial charge in [-0.25, -0.2) is 14.4 Å². The minimum Gasteiger partial charge on any atom is -0.300 e. The van der Waals surface area contributed by atoms with Crippen LogP contribution in [0, 0.1) is 12.7 Å². The minimum atomic E-state index is -0.268. The molecule has 0 amide bonds.